The molecule has 0 saturated carbocycles. The Bertz CT molecular complexity index is 825. The Kier molecular flexibility index (Phi) is 3.44. The van der Waals surface area contributed by atoms with E-state index in [0.717, 1.165) is 33.7 Å². The van der Waals surface area contributed by atoms with Crippen molar-refractivity contribution in [3.05, 3.63) is 61.2 Å². The standard InChI is InChI=1S/C16H12BN6/c1-3-7-18-13(5-1)15-11(9-20-22-15)17-12-10-21-23-16(12)14-6-2-4-8-19-14/h1-10H,(H,20,22)(H,21,23). The molecule has 4 heterocycles. The molecule has 0 amide bonds. The number of nitrogens with zero attached hydrogens (tertiary/aromatic N) is 4. The molecule has 1 radical (unpaired) electrons. The van der Waals surface area contributed by atoms with Crippen LogP contribution in [0.1, 0.15) is 0 Å². The summed E-state index contributed by atoms with van der Waals surface area (Å²) in [6, 6.07) is 11.6. The Morgan fingerprint density at radius 1 is 0.696 bits per heavy atom. The van der Waals surface area contributed by atoms with E-state index in [2.05, 4.69) is 30.4 Å². The number of hydrogen-bond donors (Lipinski definition) is 2. The van der Waals surface area contributed by atoms with E-state index in [1.165, 1.54) is 0 Å². The number of aromatic amines is 2. The van der Waals surface area contributed by atoms with Gasteiger partial charge in [0.05, 0.1) is 22.8 Å². The molecule has 0 aromatic carbocycles. The Hall–Kier alpha value is -3.22. The van der Waals surface area contributed by atoms with Gasteiger partial charge < -0.3 is 0 Å². The average molecular weight is 299 g/mol. The number of pyridine rings is 2. The van der Waals surface area contributed by atoms with Gasteiger partial charge in [-0.3, -0.25) is 20.2 Å². The fourth-order valence-corrected chi connectivity index (χ4v) is 2.41. The predicted octanol–water partition coefficient (Wildman–Crippen LogP) is 0.912. The van der Waals surface area contributed by atoms with Crippen molar-refractivity contribution in [2.24, 2.45) is 0 Å². The van der Waals surface area contributed by atoms with Crippen molar-refractivity contribution in [3.8, 4) is 22.8 Å². The van der Waals surface area contributed by atoms with E-state index in [9.17, 15) is 0 Å². The van der Waals surface area contributed by atoms with Gasteiger partial charge in [0, 0.05) is 24.8 Å². The molecule has 0 fully saturated rings. The summed E-state index contributed by atoms with van der Waals surface area (Å²) in [5.74, 6) is 0. The number of aromatic nitrogens is 6. The molecule has 0 bridgehead atoms. The maximum absolute atomic E-state index is 4.36. The molecule has 0 unspecified atom stereocenters. The Morgan fingerprint density at radius 3 is 1.65 bits per heavy atom. The van der Waals surface area contributed by atoms with Gasteiger partial charge in [-0.05, 0) is 35.2 Å². The molecule has 4 aromatic heterocycles. The van der Waals surface area contributed by atoms with Crippen LogP contribution in [-0.2, 0) is 0 Å². The average Bonchev–Trinajstić information content (AvgIpc) is 3.26. The summed E-state index contributed by atoms with van der Waals surface area (Å²) >= 11 is 0. The van der Waals surface area contributed by atoms with Gasteiger partial charge in [-0.2, -0.15) is 10.2 Å². The van der Waals surface area contributed by atoms with Gasteiger partial charge in [0.15, 0.2) is 0 Å². The van der Waals surface area contributed by atoms with E-state index in [4.69, 9.17) is 0 Å². The summed E-state index contributed by atoms with van der Waals surface area (Å²) in [5.41, 5.74) is 5.33. The van der Waals surface area contributed by atoms with Gasteiger partial charge in [0.1, 0.15) is 0 Å². The zero-order valence-corrected chi connectivity index (χ0v) is 12.1. The first-order chi connectivity index (χ1) is 11.4. The normalized spacial score (nSPS) is 10.6. The molecule has 0 spiro atoms. The SMILES string of the molecule is [B](c1cn[nH]c1-c1ccccn1)c1cn[nH]c1-c1ccccn1. The zero-order valence-electron chi connectivity index (χ0n) is 12.1. The van der Waals surface area contributed by atoms with Crippen LogP contribution in [0.5, 0.6) is 0 Å². The Balaban J connectivity index is 1.69. The molecule has 4 aromatic rings. The smallest absolute Gasteiger partial charge is 0.201 e. The van der Waals surface area contributed by atoms with Crippen LogP contribution in [0.3, 0.4) is 0 Å². The highest BCUT2D eigenvalue weighted by Crippen LogP contribution is 2.12. The molecule has 23 heavy (non-hydrogen) atoms. The minimum Gasteiger partial charge on any atom is -0.277 e. The van der Waals surface area contributed by atoms with Gasteiger partial charge in [0.25, 0.3) is 0 Å². The van der Waals surface area contributed by atoms with Crippen LogP contribution in [0, 0.1) is 0 Å². The van der Waals surface area contributed by atoms with E-state index in [1.807, 2.05) is 43.7 Å². The third kappa shape index (κ3) is 2.64. The summed E-state index contributed by atoms with van der Waals surface area (Å²) in [7, 11) is 2.01. The minimum absolute atomic E-state index is 0.846. The fraction of sp³-hybridized carbons (Fsp3) is 0. The number of hydrogen-bond acceptors (Lipinski definition) is 4. The summed E-state index contributed by atoms with van der Waals surface area (Å²) in [5, 5.41) is 14.3. The van der Waals surface area contributed by atoms with E-state index >= 15 is 0 Å². The third-order valence-corrected chi connectivity index (χ3v) is 3.49. The highest BCUT2D eigenvalue weighted by molar-refractivity contribution is 6.69. The van der Waals surface area contributed by atoms with Gasteiger partial charge in [-0.1, -0.05) is 12.1 Å². The molecule has 4 rings (SSSR count). The van der Waals surface area contributed by atoms with Crippen LogP contribution in [-0.4, -0.2) is 37.6 Å². The number of rotatable bonds is 4. The lowest BCUT2D eigenvalue weighted by atomic mass is 9.63. The monoisotopic (exact) mass is 299 g/mol. The number of H-pyrrole nitrogens is 2. The first-order valence-corrected chi connectivity index (χ1v) is 7.16. The van der Waals surface area contributed by atoms with E-state index in [-0.39, 0.29) is 0 Å². The van der Waals surface area contributed by atoms with Crippen LogP contribution in [0.15, 0.2) is 61.2 Å². The maximum Gasteiger partial charge on any atom is 0.201 e. The lowest BCUT2D eigenvalue weighted by Crippen LogP contribution is -2.28. The van der Waals surface area contributed by atoms with Crippen LogP contribution in [0.4, 0.5) is 0 Å². The molecule has 0 aliphatic carbocycles. The van der Waals surface area contributed by atoms with Crippen molar-refractivity contribution in [3.63, 3.8) is 0 Å². The van der Waals surface area contributed by atoms with Crippen LogP contribution in [0.25, 0.3) is 22.8 Å². The molecule has 0 aliphatic heterocycles. The van der Waals surface area contributed by atoms with E-state index in [0.29, 0.717) is 0 Å². The second kappa shape index (κ2) is 5.88. The van der Waals surface area contributed by atoms with Crippen LogP contribution >= 0.6 is 0 Å². The molecule has 0 aliphatic rings. The van der Waals surface area contributed by atoms with Crippen molar-refractivity contribution in [1.82, 2.24) is 30.4 Å². The zero-order chi connectivity index (χ0) is 15.5. The predicted molar refractivity (Wildman–Crippen MR) is 88.7 cm³/mol. The Morgan fingerprint density at radius 2 is 1.22 bits per heavy atom. The Labute approximate surface area is 133 Å². The van der Waals surface area contributed by atoms with Crippen molar-refractivity contribution in [2.75, 3.05) is 0 Å². The first kappa shape index (κ1) is 13.4. The highest BCUT2D eigenvalue weighted by atomic mass is 15.1. The second-order valence-electron chi connectivity index (χ2n) is 4.97. The summed E-state index contributed by atoms with van der Waals surface area (Å²) in [6.45, 7) is 0. The summed E-state index contributed by atoms with van der Waals surface area (Å²) < 4.78 is 0. The lowest BCUT2D eigenvalue weighted by Gasteiger charge is -2.03. The first-order valence-electron chi connectivity index (χ1n) is 7.16. The third-order valence-electron chi connectivity index (χ3n) is 3.49. The van der Waals surface area contributed by atoms with E-state index < -0.39 is 0 Å². The van der Waals surface area contributed by atoms with Crippen molar-refractivity contribution < 1.29 is 0 Å². The minimum atomic E-state index is 0.846. The molecule has 7 heteroatoms. The van der Waals surface area contributed by atoms with Gasteiger partial charge >= 0.3 is 0 Å². The molecule has 0 atom stereocenters. The van der Waals surface area contributed by atoms with Crippen molar-refractivity contribution >= 4 is 18.2 Å². The summed E-state index contributed by atoms with van der Waals surface area (Å²) in [4.78, 5) is 8.73. The van der Waals surface area contributed by atoms with Crippen molar-refractivity contribution in [2.45, 2.75) is 0 Å². The van der Waals surface area contributed by atoms with Crippen molar-refractivity contribution in [1.29, 1.82) is 0 Å². The molecule has 109 valence electrons. The van der Waals surface area contributed by atoms with Crippen LogP contribution in [0.2, 0.25) is 0 Å². The van der Waals surface area contributed by atoms with Crippen LogP contribution < -0.4 is 10.9 Å². The van der Waals surface area contributed by atoms with Gasteiger partial charge in [0.2, 0.25) is 7.28 Å². The molecule has 2 N–H and O–H groups in total. The fourth-order valence-electron chi connectivity index (χ4n) is 2.41. The molecular weight excluding hydrogens is 287 g/mol. The molecule has 0 saturated heterocycles. The highest BCUT2D eigenvalue weighted by Gasteiger charge is 2.15. The van der Waals surface area contributed by atoms with E-state index in [1.54, 1.807) is 24.8 Å². The second-order valence-corrected chi connectivity index (χ2v) is 4.97. The molecular formula is C16H12BN6. The maximum atomic E-state index is 4.36. The van der Waals surface area contributed by atoms with Gasteiger partial charge in [-0.25, -0.2) is 0 Å². The summed E-state index contributed by atoms with van der Waals surface area (Å²) in [6.07, 6.45) is 7.08. The topological polar surface area (TPSA) is 83.1 Å². The van der Waals surface area contributed by atoms with Gasteiger partial charge in [-0.15, -0.1) is 0 Å². The lowest BCUT2D eigenvalue weighted by molar-refractivity contribution is 1.09. The largest absolute Gasteiger partial charge is 0.277 e. The number of nitrogens with one attached hydrogen (secondary N) is 2. The quantitative estimate of drug-likeness (QED) is 0.549. The molecule has 6 nitrogen and oxygen atoms in total.